The van der Waals surface area contributed by atoms with Crippen molar-refractivity contribution in [1.82, 2.24) is 9.55 Å². The molecule has 0 saturated carbocycles. The van der Waals surface area contributed by atoms with E-state index < -0.39 is 0 Å². The van der Waals surface area contributed by atoms with Crippen molar-refractivity contribution in [3.63, 3.8) is 0 Å². The van der Waals surface area contributed by atoms with E-state index in [1.165, 1.54) is 24.2 Å². The maximum atomic E-state index is 11.8. The Morgan fingerprint density at radius 2 is 2.32 bits per heavy atom. The lowest BCUT2D eigenvalue weighted by molar-refractivity contribution is 0.412. The van der Waals surface area contributed by atoms with Crippen LogP contribution in [-0.2, 0) is 6.54 Å². The monoisotopic (exact) mass is 319 g/mol. The molecule has 0 aliphatic heterocycles. The molecule has 0 saturated heterocycles. The summed E-state index contributed by atoms with van der Waals surface area (Å²) in [5, 5.41) is 8.91. The van der Waals surface area contributed by atoms with Crippen molar-refractivity contribution in [2.24, 2.45) is 0 Å². The van der Waals surface area contributed by atoms with Gasteiger partial charge >= 0.3 is 0 Å². The van der Waals surface area contributed by atoms with Crippen LogP contribution >= 0.6 is 15.9 Å². The molecule has 1 aromatic carbocycles. The predicted molar refractivity (Wildman–Crippen MR) is 73.0 cm³/mol. The van der Waals surface area contributed by atoms with Gasteiger partial charge in [0.05, 0.1) is 25.5 Å². The van der Waals surface area contributed by atoms with Gasteiger partial charge < -0.3 is 4.74 Å². The smallest absolute Gasteiger partial charge is 0.267 e. The lowest BCUT2D eigenvalue weighted by Crippen LogP contribution is -2.21. The summed E-state index contributed by atoms with van der Waals surface area (Å²) in [5.41, 5.74) is 1.17. The molecule has 2 aromatic rings. The van der Waals surface area contributed by atoms with Crippen molar-refractivity contribution in [1.29, 1.82) is 5.26 Å². The van der Waals surface area contributed by atoms with Crippen LogP contribution < -0.4 is 10.3 Å². The van der Waals surface area contributed by atoms with Crippen molar-refractivity contribution >= 4 is 15.9 Å². The largest absolute Gasteiger partial charge is 0.495 e. The van der Waals surface area contributed by atoms with Gasteiger partial charge in [-0.2, -0.15) is 5.26 Å². The third kappa shape index (κ3) is 2.83. The van der Waals surface area contributed by atoms with Crippen molar-refractivity contribution in [3.8, 4) is 11.8 Å². The average Bonchev–Trinajstić information content (AvgIpc) is 2.43. The van der Waals surface area contributed by atoms with Gasteiger partial charge in [-0.3, -0.25) is 9.36 Å². The predicted octanol–water partition coefficient (Wildman–Crippen LogP) is 1.93. The molecule has 0 unspecified atom stereocenters. The number of methoxy groups -OCH3 is 1. The summed E-state index contributed by atoms with van der Waals surface area (Å²) in [6.45, 7) is 0.368. The number of nitrogens with zero attached hydrogens (tertiary/aromatic N) is 3. The van der Waals surface area contributed by atoms with Crippen LogP contribution in [0.5, 0.6) is 5.75 Å². The highest BCUT2D eigenvalue weighted by Gasteiger charge is 2.06. The molecule has 6 heteroatoms. The highest BCUT2D eigenvalue weighted by Crippen LogP contribution is 2.19. The molecule has 1 aromatic heterocycles. The minimum absolute atomic E-state index is 0.154. The zero-order chi connectivity index (χ0) is 13.8. The van der Waals surface area contributed by atoms with Crippen molar-refractivity contribution in [2.45, 2.75) is 6.54 Å². The number of hydrogen-bond acceptors (Lipinski definition) is 4. The zero-order valence-electron chi connectivity index (χ0n) is 10.1. The number of ether oxygens (including phenoxy) is 1. The zero-order valence-corrected chi connectivity index (χ0v) is 11.7. The number of halogens is 1. The van der Waals surface area contributed by atoms with Gasteiger partial charge in [-0.05, 0) is 33.6 Å². The van der Waals surface area contributed by atoms with E-state index in [2.05, 4.69) is 20.9 Å². The number of aromatic nitrogens is 2. The molecule has 96 valence electrons. The van der Waals surface area contributed by atoms with Crippen LogP contribution in [0.1, 0.15) is 11.1 Å². The Kier molecular flexibility index (Phi) is 3.97. The van der Waals surface area contributed by atoms with Crippen LogP contribution in [0.3, 0.4) is 0 Å². The molecule has 0 atom stereocenters. The lowest BCUT2D eigenvalue weighted by Gasteiger charge is -2.08. The fraction of sp³-hybridized carbons (Fsp3) is 0.154. The highest BCUT2D eigenvalue weighted by molar-refractivity contribution is 9.10. The van der Waals surface area contributed by atoms with Gasteiger partial charge in [-0.15, -0.1) is 0 Å². The SMILES string of the molecule is COc1cc(Cn2cncc(Br)c2=O)ccc1C#N. The molecule has 0 fully saturated rings. The molecular weight excluding hydrogens is 310 g/mol. The maximum Gasteiger partial charge on any atom is 0.267 e. The van der Waals surface area contributed by atoms with E-state index in [4.69, 9.17) is 10.00 Å². The molecule has 1 heterocycles. The Morgan fingerprint density at radius 3 is 3.00 bits per heavy atom. The molecule has 2 rings (SSSR count). The molecule has 0 aliphatic carbocycles. The summed E-state index contributed by atoms with van der Waals surface area (Å²) in [5.74, 6) is 0.496. The Labute approximate surface area is 118 Å². The van der Waals surface area contributed by atoms with E-state index in [1.54, 1.807) is 18.2 Å². The Morgan fingerprint density at radius 1 is 1.53 bits per heavy atom. The molecule has 0 bridgehead atoms. The van der Waals surface area contributed by atoms with E-state index in [0.717, 1.165) is 5.56 Å². The number of nitriles is 1. The van der Waals surface area contributed by atoms with Crippen LogP contribution in [0, 0.1) is 11.3 Å². The second-order valence-corrected chi connectivity index (χ2v) is 4.68. The van der Waals surface area contributed by atoms with Crippen molar-refractivity contribution < 1.29 is 4.74 Å². The van der Waals surface area contributed by atoms with Gasteiger partial charge in [0.2, 0.25) is 0 Å². The summed E-state index contributed by atoms with van der Waals surface area (Å²) in [6.07, 6.45) is 2.93. The maximum absolute atomic E-state index is 11.8. The summed E-state index contributed by atoms with van der Waals surface area (Å²) < 4.78 is 7.02. The molecule has 0 amide bonds. The van der Waals surface area contributed by atoms with Crippen LogP contribution in [0.15, 0.2) is 40.0 Å². The number of rotatable bonds is 3. The van der Waals surface area contributed by atoms with Crippen LogP contribution in [0.4, 0.5) is 0 Å². The third-order valence-electron chi connectivity index (χ3n) is 2.60. The number of hydrogen-bond donors (Lipinski definition) is 0. The second-order valence-electron chi connectivity index (χ2n) is 3.82. The van der Waals surface area contributed by atoms with Gasteiger partial charge in [-0.25, -0.2) is 4.98 Å². The first-order valence-electron chi connectivity index (χ1n) is 5.42. The normalized spacial score (nSPS) is 9.95. The minimum atomic E-state index is -0.154. The first kappa shape index (κ1) is 13.3. The first-order chi connectivity index (χ1) is 9.15. The van der Waals surface area contributed by atoms with E-state index in [1.807, 2.05) is 6.07 Å². The molecule has 0 aliphatic rings. The fourth-order valence-corrected chi connectivity index (χ4v) is 2.01. The van der Waals surface area contributed by atoms with Gasteiger partial charge in [0.1, 0.15) is 16.3 Å². The van der Waals surface area contributed by atoms with E-state index in [-0.39, 0.29) is 5.56 Å². The lowest BCUT2D eigenvalue weighted by atomic mass is 10.1. The average molecular weight is 320 g/mol. The molecule has 0 radical (unpaired) electrons. The Balaban J connectivity index is 2.37. The fourth-order valence-electron chi connectivity index (χ4n) is 1.66. The summed E-state index contributed by atoms with van der Waals surface area (Å²) in [4.78, 5) is 15.8. The van der Waals surface area contributed by atoms with Crippen LogP contribution in [0.25, 0.3) is 0 Å². The third-order valence-corrected chi connectivity index (χ3v) is 3.14. The van der Waals surface area contributed by atoms with Gasteiger partial charge in [0.25, 0.3) is 5.56 Å². The minimum Gasteiger partial charge on any atom is -0.495 e. The molecule has 0 spiro atoms. The number of benzene rings is 1. The Hall–Kier alpha value is -2.13. The Bertz CT molecular complexity index is 704. The summed E-state index contributed by atoms with van der Waals surface area (Å²) in [7, 11) is 1.51. The molecular formula is C13H10BrN3O2. The van der Waals surface area contributed by atoms with E-state index in [9.17, 15) is 4.79 Å². The van der Waals surface area contributed by atoms with Gasteiger partial charge in [-0.1, -0.05) is 6.07 Å². The van der Waals surface area contributed by atoms with E-state index >= 15 is 0 Å². The van der Waals surface area contributed by atoms with Crippen LogP contribution in [0.2, 0.25) is 0 Å². The van der Waals surface area contributed by atoms with Crippen LogP contribution in [-0.4, -0.2) is 16.7 Å². The summed E-state index contributed by atoms with van der Waals surface area (Å²) >= 11 is 3.15. The topological polar surface area (TPSA) is 67.9 Å². The standard InChI is InChI=1S/C13H10BrN3O2/c1-19-12-4-9(2-3-10(12)5-15)7-17-8-16-6-11(14)13(17)18/h2-4,6,8H,7H2,1H3. The molecule has 5 nitrogen and oxygen atoms in total. The van der Waals surface area contributed by atoms with Gasteiger partial charge in [0, 0.05) is 6.20 Å². The first-order valence-corrected chi connectivity index (χ1v) is 6.22. The van der Waals surface area contributed by atoms with Gasteiger partial charge in [0.15, 0.2) is 0 Å². The highest BCUT2D eigenvalue weighted by atomic mass is 79.9. The van der Waals surface area contributed by atoms with Crippen molar-refractivity contribution in [3.05, 3.63) is 56.7 Å². The second kappa shape index (κ2) is 5.67. The molecule has 0 N–H and O–H groups in total. The summed E-state index contributed by atoms with van der Waals surface area (Å²) in [6, 6.07) is 7.24. The quantitative estimate of drug-likeness (QED) is 0.867. The van der Waals surface area contributed by atoms with E-state index in [0.29, 0.717) is 22.3 Å². The van der Waals surface area contributed by atoms with Crippen molar-refractivity contribution in [2.75, 3.05) is 7.11 Å². The molecule has 19 heavy (non-hydrogen) atoms.